The van der Waals surface area contributed by atoms with Gasteiger partial charge in [0, 0.05) is 16.9 Å². The number of rotatable bonds is 3. The van der Waals surface area contributed by atoms with Crippen LogP contribution in [0.4, 0.5) is 0 Å². The zero-order valence-corrected chi connectivity index (χ0v) is 12.5. The van der Waals surface area contributed by atoms with E-state index in [1.807, 2.05) is 24.3 Å². The van der Waals surface area contributed by atoms with Crippen molar-refractivity contribution in [1.82, 2.24) is 4.90 Å². The standard InChI is InChI=1S/C15H16BrNO3/c16-10-5-3-9(4-6-10)11-8-12(11)14(18)17-7-1-2-13(17)15(19)20/h3-6,11-13H,1-2,7-8H2,(H,19,20)/t11-,12+,13+/m0/s1. The number of carbonyl (C=O) groups is 2. The molecule has 1 saturated carbocycles. The van der Waals surface area contributed by atoms with Crippen molar-refractivity contribution in [2.45, 2.75) is 31.2 Å². The number of carboxylic acid groups (broad SMARTS) is 1. The lowest BCUT2D eigenvalue weighted by molar-refractivity contribution is -0.148. The van der Waals surface area contributed by atoms with Crippen molar-refractivity contribution in [1.29, 1.82) is 0 Å². The molecule has 5 heteroatoms. The molecule has 3 rings (SSSR count). The highest BCUT2D eigenvalue weighted by atomic mass is 79.9. The van der Waals surface area contributed by atoms with Gasteiger partial charge in [-0.25, -0.2) is 4.79 Å². The fourth-order valence-electron chi connectivity index (χ4n) is 3.05. The Bertz CT molecular complexity index is 543. The highest BCUT2D eigenvalue weighted by Crippen LogP contribution is 2.49. The molecular weight excluding hydrogens is 322 g/mol. The van der Waals surface area contributed by atoms with Crippen LogP contribution in [0.5, 0.6) is 0 Å². The Kier molecular flexibility index (Phi) is 3.54. The molecule has 4 nitrogen and oxygen atoms in total. The molecule has 1 saturated heterocycles. The fraction of sp³-hybridized carbons (Fsp3) is 0.467. The number of hydrogen-bond donors (Lipinski definition) is 1. The van der Waals surface area contributed by atoms with E-state index in [0.717, 1.165) is 22.9 Å². The Morgan fingerprint density at radius 3 is 2.60 bits per heavy atom. The van der Waals surface area contributed by atoms with Gasteiger partial charge in [0.05, 0.1) is 0 Å². The summed E-state index contributed by atoms with van der Waals surface area (Å²) in [6, 6.07) is 7.39. The van der Waals surface area contributed by atoms with Crippen molar-refractivity contribution < 1.29 is 14.7 Å². The average molecular weight is 338 g/mol. The monoisotopic (exact) mass is 337 g/mol. The van der Waals surface area contributed by atoms with Crippen molar-refractivity contribution in [3.63, 3.8) is 0 Å². The lowest BCUT2D eigenvalue weighted by atomic mass is 10.1. The quantitative estimate of drug-likeness (QED) is 0.922. The third-order valence-corrected chi connectivity index (χ3v) is 4.76. The van der Waals surface area contributed by atoms with Crippen molar-refractivity contribution in [3.05, 3.63) is 34.3 Å². The molecule has 0 aromatic heterocycles. The second-order valence-corrected chi connectivity index (χ2v) is 6.44. The third kappa shape index (κ3) is 2.46. The minimum Gasteiger partial charge on any atom is -0.480 e. The van der Waals surface area contributed by atoms with Crippen LogP contribution in [0.2, 0.25) is 0 Å². The molecule has 3 atom stereocenters. The Hall–Kier alpha value is -1.36. The minimum absolute atomic E-state index is 0.0165. The first-order chi connectivity index (χ1) is 9.58. The number of hydrogen-bond acceptors (Lipinski definition) is 2. The van der Waals surface area contributed by atoms with Gasteiger partial charge in [-0.2, -0.15) is 0 Å². The van der Waals surface area contributed by atoms with Crippen LogP contribution >= 0.6 is 15.9 Å². The van der Waals surface area contributed by atoms with Gasteiger partial charge in [-0.3, -0.25) is 4.79 Å². The lowest BCUT2D eigenvalue weighted by Gasteiger charge is -2.21. The molecule has 0 radical (unpaired) electrons. The molecule has 2 fully saturated rings. The summed E-state index contributed by atoms with van der Waals surface area (Å²) >= 11 is 3.40. The summed E-state index contributed by atoms with van der Waals surface area (Å²) in [4.78, 5) is 25.1. The largest absolute Gasteiger partial charge is 0.480 e. The molecule has 0 unspecified atom stereocenters. The van der Waals surface area contributed by atoms with Gasteiger partial charge in [0.2, 0.25) is 5.91 Å². The predicted molar refractivity (Wildman–Crippen MR) is 77.4 cm³/mol. The number of halogens is 1. The molecule has 0 bridgehead atoms. The van der Waals surface area contributed by atoms with Crippen molar-refractivity contribution in [2.75, 3.05) is 6.54 Å². The normalized spacial score (nSPS) is 28.4. The van der Waals surface area contributed by atoms with Gasteiger partial charge < -0.3 is 10.0 Å². The first-order valence-corrected chi connectivity index (χ1v) is 7.66. The van der Waals surface area contributed by atoms with E-state index in [2.05, 4.69) is 15.9 Å². The number of benzene rings is 1. The predicted octanol–water partition coefficient (Wildman–Crippen LogP) is 2.63. The Balaban J connectivity index is 1.68. The van der Waals surface area contributed by atoms with Crippen LogP contribution in [0.3, 0.4) is 0 Å². The second kappa shape index (κ2) is 5.20. The van der Waals surface area contributed by atoms with Crippen LogP contribution in [-0.2, 0) is 9.59 Å². The van der Waals surface area contributed by atoms with Crippen LogP contribution in [0.25, 0.3) is 0 Å². The molecule has 1 N–H and O–H groups in total. The van der Waals surface area contributed by atoms with Gasteiger partial charge in [0.25, 0.3) is 0 Å². The SMILES string of the molecule is O=C(O)[C@H]1CCCN1C(=O)[C@@H]1C[C@H]1c1ccc(Br)cc1. The van der Waals surface area contributed by atoms with Gasteiger partial charge in [-0.1, -0.05) is 28.1 Å². The summed E-state index contributed by atoms with van der Waals surface area (Å²) in [5.74, 6) is -0.638. The van der Waals surface area contributed by atoms with E-state index >= 15 is 0 Å². The van der Waals surface area contributed by atoms with Gasteiger partial charge in [-0.05, 0) is 42.9 Å². The molecule has 1 aromatic rings. The van der Waals surface area contributed by atoms with E-state index in [4.69, 9.17) is 5.11 Å². The Morgan fingerprint density at radius 2 is 1.95 bits per heavy atom. The molecule has 20 heavy (non-hydrogen) atoms. The van der Waals surface area contributed by atoms with Crippen LogP contribution < -0.4 is 0 Å². The van der Waals surface area contributed by atoms with Crippen LogP contribution in [0.1, 0.15) is 30.7 Å². The number of likely N-dealkylation sites (tertiary alicyclic amines) is 1. The molecule has 1 aliphatic heterocycles. The van der Waals surface area contributed by atoms with E-state index in [-0.39, 0.29) is 17.7 Å². The Labute approximate surface area is 125 Å². The number of nitrogens with zero attached hydrogens (tertiary/aromatic N) is 1. The zero-order chi connectivity index (χ0) is 14.3. The lowest BCUT2D eigenvalue weighted by Crippen LogP contribution is -2.41. The molecule has 1 heterocycles. The maximum Gasteiger partial charge on any atom is 0.326 e. The van der Waals surface area contributed by atoms with Crippen molar-refractivity contribution in [3.8, 4) is 0 Å². The molecule has 106 valence electrons. The van der Waals surface area contributed by atoms with E-state index < -0.39 is 12.0 Å². The van der Waals surface area contributed by atoms with E-state index in [9.17, 15) is 9.59 Å². The number of carbonyl (C=O) groups excluding carboxylic acids is 1. The first-order valence-electron chi connectivity index (χ1n) is 6.86. The van der Waals surface area contributed by atoms with Crippen LogP contribution in [0, 0.1) is 5.92 Å². The number of amides is 1. The summed E-state index contributed by atoms with van der Waals surface area (Å²) in [7, 11) is 0. The highest BCUT2D eigenvalue weighted by molar-refractivity contribution is 9.10. The molecule has 1 aromatic carbocycles. The molecule has 2 aliphatic rings. The van der Waals surface area contributed by atoms with Crippen molar-refractivity contribution >= 4 is 27.8 Å². The van der Waals surface area contributed by atoms with Crippen LogP contribution in [-0.4, -0.2) is 34.5 Å². The van der Waals surface area contributed by atoms with E-state index in [0.29, 0.717) is 13.0 Å². The fourth-order valence-corrected chi connectivity index (χ4v) is 3.31. The second-order valence-electron chi connectivity index (χ2n) is 5.53. The molecule has 1 aliphatic carbocycles. The first kappa shape index (κ1) is 13.6. The van der Waals surface area contributed by atoms with E-state index in [1.165, 1.54) is 0 Å². The zero-order valence-electron chi connectivity index (χ0n) is 11.0. The van der Waals surface area contributed by atoms with Gasteiger partial charge in [0.15, 0.2) is 0 Å². The Morgan fingerprint density at radius 1 is 1.25 bits per heavy atom. The smallest absolute Gasteiger partial charge is 0.326 e. The number of carboxylic acids is 1. The maximum atomic E-state index is 12.4. The summed E-state index contributed by atoms with van der Waals surface area (Å²) in [6.45, 7) is 0.583. The highest BCUT2D eigenvalue weighted by Gasteiger charge is 2.48. The minimum atomic E-state index is -0.878. The van der Waals surface area contributed by atoms with E-state index in [1.54, 1.807) is 4.90 Å². The summed E-state index contributed by atoms with van der Waals surface area (Å²) in [5, 5.41) is 9.15. The molecule has 0 spiro atoms. The summed E-state index contributed by atoms with van der Waals surface area (Å²) < 4.78 is 1.02. The van der Waals surface area contributed by atoms with Crippen molar-refractivity contribution in [2.24, 2.45) is 5.92 Å². The summed E-state index contributed by atoms with van der Waals surface area (Å²) in [5.41, 5.74) is 1.16. The van der Waals surface area contributed by atoms with Crippen LogP contribution in [0.15, 0.2) is 28.7 Å². The topological polar surface area (TPSA) is 57.6 Å². The maximum absolute atomic E-state index is 12.4. The number of aliphatic carboxylic acids is 1. The average Bonchev–Trinajstić information content (AvgIpc) is 3.06. The molecule has 1 amide bonds. The molecular formula is C15H16BrNO3. The van der Waals surface area contributed by atoms with Gasteiger partial charge in [-0.15, -0.1) is 0 Å². The third-order valence-electron chi connectivity index (χ3n) is 4.23. The summed E-state index contributed by atoms with van der Waals surface area (Å²) in [6.07, 6.45) is 2.21. The van der Waals surface area contributed by atoms with Gasteiger partial charge >= 0.3 is 5.97 Å². The van der Waals surface area contributed by atoms with Gasteiger partial charge in [0.1, 0.15) is 6.04 Å².